The van der Waals surface area contributed by atoms with Crippen LogP contribution in [0.5, 0.6) is 0 Å². The highest BCUT2D eigenvalue weighted by atomic mass is 79.9. The number of benzene rings is 1. The number of nitrogens with one attached hydrogen (secondary N) is 1. The first kappa shape index (κ1) is 13.4. The number of hydrogen-bond donors (Lipinski definition) is 1. The van der Waals surface area contributed by atoms with E-state index in [1.165, 1.54) is 12.8 Å². The van der Waals surface area contributed by atoms with Crippen molar-refractivity contribution in [2.75, 3.05) is 18.4 Å². The maximum Gasteiger partial charge on any atom is 0.321 e. The minimum absolute atomic E-state index is 0.0169. The Morgan fingerprint density at radius 2 is 1.89 bits per heavy atom. The van der Waals surface area contributed by atoms with Crippen LogP contribution in [0.15, 0.2) is 22.7 Å². The molecule has 0 aliphatic carbocycles. The second kappa shape index (κ2) is 6.23. The number of urea groups is 1. The fraction of sp³-hybridized carbons (Fsp3) is 0.500. The van der Waals surface area contributed by atoms with Gasteiger partial charge < -0.3 is 10.2 Å². The van der Waals surface area contributed by atoms with Gasteiger partial charge in [-0.1, -0.05) is 25.0 Å². The van der Waals surface area contributed by atoms with Crippen molar-refractivity contribution >= 4 is 27.6 Å². The first-order valence-corrected chi connectivity index (χ1v) is 7.29. The van der Waals surface area contributed by atoms with Crippen LogP contribution in [-0.2, 0) is 0 Å². The zero-order valence-corrected chi connectivity index (χ0v) is 12.3. The highest BCUT2D eigenvalue weighted by Gasteiger charge is 2.16. The Balaban J connectivity index is 2.03. The molecular formula is C14H19BrN2O. The van der Waals surface area contributed by atoms with Gasteiger partial charge in [-0.25, -0.2) is 4.79 Å². The summed E-state index contributed by atoms with van der Waals surface area (Å²) in [5.74, 6) is 0. The van der Waals surface area contributed by atoms with Crippen molar-refractivity contribution in [2.45, 2.75) is 32.6 Å². The second-order valence-corrected chi connectivity index (χ2v) is 5.56. The van der Waals surface area contributed by atoms with Crippen molar-refractivity contribution in [3.05, 3.63) is 28.2 Å². The molecule has 3 nitrogen and oxygen atoms in total. The SMILES string of the molecule is Cc1cccc(NC(=O)N2CCCCCC2)c1Br. The summed E-state index contributed by atoms with van der Waals surface area (Å²) in [5.41, 5.74) is 1.98. The summed E-state index contributed by atoms with van der Waals surface area (Å²) in [6.07, 6.45) is 4.70. The summed E-state index contributed by atoms with van der Waals surface area (Å²) in [4.78, 5) is 14.1. The zero-order chi connectivity index (χ0) is 13.0. The molecule has 0 unspecified atom stereocenters. The molecule has 1 aromatic carbocycles. The molecule has 1 aliphatic rings. The monoisotopic (exact) mass is 310 g/mol. The predicted octanol–water partition coefficient (Wildman–Crippen LogP) is 4.17. The van der Waals surface area contributed by atoms with Gasteiger partial charge >= 0.3 is 6.03 Å². The van der Waals surface area contributed by atoms with E-state index >= 15 is 0 Å². The van der Waals surface area contributed by atoms with Gasteiger partial charge in [0.05, 0.1) is 5.69 Å². The molecule has 1 aliphatic heterocycles. The molecule has 1 fully saturated rings. The molecule has 0 radical (unpaired) electrons. The summed E-state index contributed by atoms with van der Waals surface area (Å²) in [7, 11) is 0. The van der Waals surface area contributed by atoms with Crippen molar-refractivity contribution in [3.8, 4) is 0 Å². The normalized spacial score (nSPS) is 16.2. The van der Waals surface area contributed by atoms with Gasteiger partial charge in [0.25, 0.3) is 0 Å². The minimum atomic E-state index is 0.0169. The standard InChI is InChI=1S/C14H19BrN2O/c1-11-7-6-8-12(13(11)15)16-14(18)17-9-4-2-3-5-10-17/h6-8H,2-5,9-10H2,1H3,(H,16,18). The zero-order valence-electron chi connectivity index (χ0n) is 10.7. The Hall–Kier alpha value is -1.03. The lowest BCUT2D eigenvalue weighted by Gasteiger charge is -2.21. The molecule has 2 rings (SSSR count). The third kappa shape index (κ3) is 3.25. The van der Waals surface area contributed by atoms with Gasteiger partial charge in [-0.05, 0) is 47.3 Å². The number of halogens is 1. The molecule has 0 bridgehead atoms. The van der Waals surface area contributed by atoms with Crippen molar-refractivity contribution < 1.29 is 4.79 Å². The molecule has 0 saturated carbocycles. The molecule has 4 heteroatoms. The molecule has 98 valence electrons. The van der Waals surface area contributed by atoms with E-state index in [9.17, 15) is 4.79 Å². The lowest BCUT2D eigenvalue weighted by molar-refractivity contribution is 0.214. The maximum absolute atomic E-state index is 12.2. The fourth-order valence-corrected chi connectivity index (χ4v) is 2.58. The number of carbonyl (C=O) groups is 1. The average molecular weight is 311 g/mol. The molecule has 1 N–H and O–H groups in total. The largest absolute Gasteiger partial charge is 0.325 e. The number of anilines is 1. The van der Waals surface area contributed by atoms with E-state index in [-0.39, 0.29) is 6.03 Å². The van der Waals surface area contributed by atoms with Gasteiger partial charge in [-0.3, -0.25) is 0 Å². The van der Waals surface area contributed by atoms with Crippen LogP contribution >= 0.6 is 15.9 Å². The average Bonchev–Trinajstić information content (AvgIpc) is 2.63. The first-order chi connectivity index (χ1) is 8.68. The highest BCUT2D eigenvalue weighted by molar-refractivity contribution is 9.10. The smallest absolute Gasteiger partial charge is 0.321 e. The summed E-state index contributed by atoms with van der Waals surface area (Å²) in [5, 5.41) is 2.99. The van der Waals surface area contributed by atoms with Gasteiger partial charge in [0.1, 0.15) is 0 Å². The lowest BCUT2D eigenvalue weighted by atomic mass is 10.2. The van der Waals surface area contributed by atoms with E-state index in [0.717, 1.165) is 41.7 Å². The number of likely N-dealkylation sites (tertiary alicyclic amines) is 1. The third-order valence-electron chi connectivity index (χ3n) is 3.33. The molecule has 1 heterocycles. The van der Waals surface area contributed by atoms with Gasteiger partial charge in [-0.15, -0.1) is 0 Å². The Kier molecular flexibility index (Phi) is 4.64. The quantitative estimate of drug-likeness (QED) is 0.829. The molecule has 1 aromatic rings. The van der Waals surface area contributed by atoms with Crippen LogP contribution in [-0.4, -0.2) is 24.0 Å². The number of nitrogens with zero attached hydrogens (tertiary/aromatic N) is 1. The Labute approximate surface area is 117 Å². The number of amides is 2. The predicted molar refractivity (Wildman–Crippen MR) is 77.9 cm³/mol. The minimum Gasteiger partial charge on any atom is -0.325 e. The van der Waals surface area contributed by atoms with Gasteiger partial charge in [0.2, 0.25) is 0 Å². The van der Waals surface area contributed by atoms with Crippen LogP contribution in [0.4, 0.5) is 10.5 Å². The Morgan fingerprint density at radius 1 is 1.22 bits per heavy atom. The van der Waals surface area contributed by atoms with Gasteiger partial charge in [-0.2, -0.15) is 0 Å². The number of aryl methyl sites for hydroxylation is 1. The molecular weight excluding hydrogens is 292 g/mol. The summed E-state index contributed by atoms with van der Waals surface area (Å²) < 4.78 is 0.966. The van der Waals surface area contributed by atoms with Crippen LogP contribution in [0, 0.1) is 6.92 Å². The van der Waals surface area contributed by atoms with E-state index in [1.807, 2.05) is 30.0 Å². The topological polar surface area (TPSA) is 32.3 Å². The highest BCUT2D eigenvalue weighted by Crippen LogP contribution is 2.26. The molecule has 2 amide bonds. The van der Waals surface area contributed by atoms with Crippen LogP contribution in [0.2, 0.25) is 0 Å². The Morgan fingerprint density at radius 3 is 2.56 bits per heavy atom. The van der Waals surface area contributed by atoms with Crippen LogP contribution in [0.3, 0.4) is 0 Å². The number of carbonyl (C=O) groups excluding carboxylic acids is 1. The Bertz CT molecular complexity index is 426. The summed E-state index contributed by atoms with van der Waals surface area (Å²) in [6, 6.07) is 5.92. The van der Waals surface area contributed by atoms with Crippen molar-refractivity contribution in [3.63, 3.8) is 0 Å². The maximum atomic E-state index is 12.2. The van der Waals surface area contributed by atoms with Crippen molar-refractivity contribution in [1.82, 2.24) is 4.90 Å². The van der Waals surface area contributed by atoms with E-state index in [0.29, 0.717) is 0 Å². The van der Waals surface area contributed by atoms with Crippen LogP contribution in [0.1, 0.15) is 31.2 Å². The van der Waals surface area contributed by atoms with E-state index in [4.69, 9.17) is 0 Å². The van der Waals surface area contributed by atoms with E-state index in [2.05, 4.69) is 21.2 Å². The van der Waals surface area contributed by atoms with E-state index < -0.39 is 0 Å². The molecule has 0 atom stereocenters. The lowest BCUT2D eigenvalue weighted by Crippen LogP contribution is -2.35. The van der Waals surface area contributed by atoms with Crippen molar-refractivity contribution in [1.29, 1.82) is 0 Å². The van der Waals surface area contributed by atoms with E-state index in [1.54, 1.807) is 0 Å². The van der Waals surface area contributed by atoms with Gasteiger partial charge in [0, 0.05) is 17.6 Å². The fourth-order valence-electron chi connectivity index (χ4n) is 2.21. The molecule has 1 saturated heterocycles. The number of hydrogen-bond acceptors (Lipinski definition) is 1. The van der Waals surface area contributed by atoms with Crippen LogP contribution in [0.25, 0.3) is 0 Å². The van der Waals surface area contributed by atoms with Crippen LogP contribution < -0.4 is 5.32 Å². The third-order valence-corrected chi connectivity index (χ3v) is 4.38. The van der Waals surface area contributed by atoms with Gasteiger partial charge in [0.15, 0.2) is 0 Å². The van der Waals surface area contributed by atoms with Crippen molar-refractivity contribution in [2.24, 2.45) is 0 Å². The summed E-state index contributed by atoms with van der Waals surface area (Å²) >= 11 is 3.51. The summed E-state index contributed by atoms with van der Waals surface area (Å²) in [6.45, 7) is 3.76. The number of rotatable bonds is 1. The second-order valence-electron chi connectivity index (χ2n) is 4.77. The molecule has 0 spiro atoms. The first-order valence-electron chi connectivity index (χ1n) is 6.49. The molecule has 18 heavy (non-hydrogen) atoms. The molecule has 0 aromatic heterocycles.